The van der Waals surface area contributed by atoms with Gasteiger partial charge in [0.25, 0.3) is 5.91 Å². The van der Waals surface area contributed by atoms with Gasteiger partial charge in [0.1, 0.15) is 17.3 Å². The predicted molar refractivity (Wildman–Crippen MR) is 78.5 cm³/mol. The van der Waals surface area contributed by atoms with Crippen LogP contribution in [0.2, 0.25) is 0 Å². The largest absolute Gasteiger partial charge is 0.384 e. The minimum atomic E-state index is -0.765. The second-order valence-corrected chi connectivity index (χ2v) is 5.01. The van der Waals surface area contributed by atoms with E-state index >= 15 is 0 Å². The standard InChI is InChI=1S/C15H22F2N2O2/c1-4-5-18-14-12(16)6-11(7-13(14)17)15(20)19-8-10(2)9-21-3/h6-7,10,18H,4-5,8-9H2,1-3H3,(H,19,20). The lowest BCUT2D eigenvalue weighted by Crippen LogP contribution is -2.30. The Bertz CT molecular complexity index is 458. The molecular formula is C15H22F2N2O2. The maximum atomic E-state index is 13.8. The molecule has 1 aromatic carbocycles. The smallest absolute Gasteiger partial charge is 0.251 e. The minimum Gasteiger partial charge on any atom is -0.384 e. The van der Waals surface area contributed by atoms with Gasteiger partial charge in [0.15, 0.2) is 0 Å². The summed E-state index contributed by atoms with van der Waals surface area (Å²) in [6, 6.07) is 2.08. The SMILES string of the molecule is CCCNc1c(F)cc(C(=O)NCC(C)COC)cc1F. The Labute approximate surface area is 123 Å². The first-order chi connectivity index (χ1) is 9.99. The Hall–Kier alpha value is -1.69. The van der Waals surface area contributed by atoms with Gasteiger partial charge in [-0.25, -0.2) is 8.78 Å². The molecular weight excluding hydrogens is 278 g/mol. The number of carbonyl (C=O) groups is 1. The van der Waals surface area contributed by atoms with Gasteiger partial charge < -0.3 is 15.4 Å². The first kappa shape index (κ1) is 17.4. The first-order valence-electron chi connectivity index (χ1n) is 6.99. The molecule has 0 saturated heterocycles. The molecule has 1 unspecified atom stereocenters. The van der Waals surface area contributed by atoms with Gasteiger partial charge in [-0.15, -0.1) is 0 Å². The number of rotatable bonds is 8. The van der Waals surface area contributed by atoms with Crippen LogP contribution in [-0.4, -0.2) is 32.7 Å². The molecule has 1 aromatic rings. The van der Waals surface area contributed by atoms with E-state index < -0.39 is 17.5 Å². The van der Waals surface area contributed by atoms with Crippen LogP contribution < -0.4 is 10.6 Å². The van der Waals surface area contributed by atoms with Crippen molar-refractivity contribution >= 4 is 11.6 Å². The van der Waals surface area contributed by atoms with Crippen molar-refractivity contribution in [1.29, 1.82) is 0 Å². The molecule has 0 heterocycles. The lowest BCUT2D eigenvalue weighted by Gasteiger charge is -2.13. The summed E-state index contributed by atoms with van der Waals surface area (Å²) in [6.07, 6.45) is 0.749. The van der Waals surface area contributed by atoms with E-state index in [4.69, 9.17) is 4.74 Å². The molecule has 2 N–H and O–H groups in total. The summed E-state index contributed by atoms with van der Waals surface area (Å²) in [7, 11) is 1.57. The number of hydrogen-bond acceptors (Lipinski definition) is 3. The van der Waals surface area contributed by atoms with Gasteiger partial charge in [0.05, 0.1) is 6.61 Å². The van der Waals surface area contributed by atoms with Crippen LogP contribution in [0.3, 0.4) is 0 Å². The van der Waals surface area contributed by atoms with Gasteiger partial charge in [-0.2, -0.15) is 0 Å². The Morgan fingerprint density at radius 2 is 1.95 bits per heavy atom. The minimum absolute atomic E-state index is 0.0309. The van der Waals surface area contributed by atoms with Crippen molar-refractivity contribution in [3.05, 3.63) is 29.3 Å². The van der Waals surface area contributed by atoms with Crippen molar-refractivity contribution in [2.24, 2.45) is 5.92 Å². The molecule has 0 fully saturated rings. The number of nitrogens with one attached hydrogen (secondary N) is 2. The third-order valence-electron chi connectivity index (χ3n) is 2.92. The van der Waals surface area contributed by atoms with E-state index in [1.807, 2.05) is 13.8 Å². The van der Waals surface area contributed by atoms with Gasteiger partial charge in [-0.3, -0.25) is 4.79 Å². The molecule has 0 spiro atoms. The molecule has 118 valence electrons. The van der Waals surface area contributed by atoms with Crippen LogP contribution in [0.1, 0.15) is 30.6 Å². The fraction of sp³-hybridized carbons (Fsp3) is 0.533. The van der Waals surface area contributed by atoms with Crippen LogP contribution in [-0.2, 0) is 4.74 Å². The lowest BCUT2D eigenvalue weighted by atomic mass is 10.1. The molecule has 1 amide bonds. The van der Waals surface area contributed by atoms with E-state index in [1.54, 1.807) is 7.11 Å². The number of ether oxygens (including phenoxy) is 1. The van der Waals surface area contributed by atoms with Crippen LogP contribution in [0.4, 0.5) is 14.5 Å². The third kappa shape index (κ3) is 5.30. The highest BCUT2D eigenvalue weighted by molar-refractivity contribution is 5.94. The van der Waals surface area contributed by atoms with Crippen molar-refractivity contribution in [3.8, 4) is 0 Å². The summed E-state index contributed by atoms with van der Waals surface area (Å²) < 4.78 is 32.6. The zero-order valence-corrected chi connectivity index (χ0v) is 12.6. The fourth-order valence-electron chi connectivity index (χ4n) is 1.84. The van der Waals surface area contributed by atoms with E-state index in [9.17, 15) is 13.6 Å². The molecule has 6 heteroatoms. The summed E-state index contributed by atoms with van der Waals surface area (Å²) in [5.41, 5.74) is -0.224. The van der Waals surface area contributed by atoms with E-state index in [2.05, 4.69) is 10.6 Å². The van der Waals surface area contributed by atoms with Crippen molar-refractivity contribution in [3.63, 3.8) is 0 Å². The Kier molecular flexibility index (Phi) is 7.08. The van der Waals surface area contributed by atoms with Crippen LogP contribution in [0.25, 0.3) is 0 Å². The molecule has 0 aliphatic carbocycles. The average Bonchev–Trinajstić information content (AvgIpc) is 2.44. The number of benzene rings is 1. The Morgan fingerprint density at radius 3 is 2.48 bits per heavy atom. The fourth-order valence-corrected chi connectivity index (χ4v) is 1.84. The summed E-state index contributed by atoms with van der Waals surface area (Å²) in [6.45, 7) is 5.15. The molecule has 0 bridgehead atoms. The molecule has 0 aromatic heterocycles. The molecule has 1 atom stereocenters. The van der Waals surface area contributed by atoms with Gasteiger partial charge in [-0.05, 0) is 24.5 Å². The second kappa shape index (κ2) is 8.56. The molecule has 0 radical (unpaired) electrons. The molecule has 21 heavy (non-hydrogen) atoms. The maximum absolute atomic E-state index is 13.8. The second-order valence-electron chi connectivity index (χ2n) is 5.01. The number of amides is 1. The van der Waals surface area contributed by atoms with E-state index in [-0.39, 0.29) is 17.2 Å². The van der Waals surface area contributed by atoms with E-state index in [1.165, 1.54) is 0 Å². The zero-order chi connectivity index (χ0) is 15.8. The van der Waals surface area contributed by atoms with E-state index in [0.29, 0.717) is 19.7 Å². The van der Waals surface area contributed by atoms with Crippen molar-refractivity contribution in [2.45, 2.75) is 20.3 Å². The van der Waals surface area contributed by atoms with Gasteiger partial charge >= 0.3 is 0 Å². The molecule has 4 nitrogen and oxygen atoms in total. The highest BCUT2D eigenvalue weighted by atomic mass is 19.1. The number of carbonyl (C=O) groups excluding carboxylic acids is 1. The molecule has 0 aliphatic heterocycles. The third-order valence-corrected chi connectivity index (χ3v) is 2.92. The highest BCUT2D eigenvalue weighted by Gasteiger charge is 2.15. The molecule has 0 saturated carbocycles. The Morgan fingerprint density at radius 1 is 1.33 bits per heavy atom. The van der Waals surface area contributed by atoms with Crippen molar-refractivity contribution < 1.29 is 18.3 Å². The summed E-state index contributed by atoms with van der Waals surface area (Å²) in [5.74, 6) is -1.91. The average molecular weight is 300 g/mol. The van der Waals surface area contributed by atoms with Crippen LogP contribution in [0, 0.1) is 17.6 Å². The van der Waals surface area contributed by atoms with Crippen molar-refractivity contribution in [1.82, 2.24) is 5.32 Å². The van der Waals surface area contributed by atoms with Crippen LogP contribution >= 0.6 is 0 Å². The maximum Gasteiger partial charge on any atom is 0.251 e. The number of halogens is 2. The highest BCUT2D eigenvalue weighted by Crippen LogP contribution is 2.20. The molecule has 1 rings (SSSR count). The monoisotopic (exact) mass is 300 g/mol. The topological polar surface area (TPSA) is 50.4 Å². The van der Waals surface area contributed by atoms with Gasteiger partial charge in [-0.1, -0.05) is 13.8 Å². The lowest BCUT2D eigenvalue weighted by molar-refractivity contribution is 0.0933. The normalized spacial score (nSPS) is 12.0. The number of methoxy groups -OCH3 is 1. The quantitative estimate of drug-likeness (QED) is 0.776. The molecule has 0 aliphatic rings. The zero-order valence-electron chi connectivity index (χ0n) is 12.6. The Balaban J connectivity index is 2.73. The van der Waals surface area contributed by atoms with Crippen LogP contribution in [0.5, 0.6) is 0 Å². The van der Waals surface area contributed by atoms with Gasteiger partial charge in [0, 0.05) is 25.8 Å². The number of hydrogen-bond donors (Lipinski definition) is 2. The van der Waals surface area contributed by atoms with Gasteiger partial charge in [0.2, 0.25) is 0 Å². The first-order valence-corrected chi connectivity index (χ1v) is 6.99. The van der Waals surface area contributed by atoms with Crippen LogP contribution in [0.15, 0.2) is 12.1 Å². The van der Waals surface area contributed by atoms with Crippen molar-refractivity contribution in [2.75, 3.05) is 32.1 Å². The summed E-state index contributed by atoms with van der Waals surface area (Å²) in [4.78, 5) is 11.9. The predicted octanol–water partition coefficient (Wildman–Crippen LogP) is 2.80. The van der Waals surface area contributed by atoms with E-state index in [0.717, 1.165) is 18.6 Å². The number of anilines is 1. The summed E-state index contributed by atoms with van der Waals surface area (Å²) >= 11 is 0. The summed E-state index contributed by atoms with van der Waals surface area (Å²) in [5, 5.41) is 5.29.